The third-order valence-electron chi connectivity index (χ3n) is 3.80. The highest BCUT2D eigenvalue weighted by molar-refractivity contribution is 5.85. The van der Waals surface area contributed by atoms with Crippen LogP contribution >= 0.6 is 24.8 Å². The molecule has 4 nitrogen and oxygen atoms in total. The van der Waals surface area contributed by atoms with Gasteiger partial charge in [-0.1, -0.05) is 12.5 Å². The summed E-state index contributed by atoms with van der Waals surface area (Å²) in [6.45, 7) is 1.25. The molecule has 0 aromatic carbocycles. The van der Waals surface area contributed by atoms with Crippen molar-refractivity contribution in [2.45, 2.75) is 25.8 Å². The van der Waals surface area contributed by atoms with Crippen LogP contribution in [-0.4, -0.2) is 29.4 Å². The number of aromatic nitrogens is 1. The molecular formula is C14H23Cl2N3O. The lowest BCUT2D eigenvalue weighted by atomic mass is 9.95. The maximum absolute atomic E-state index is 12.4. The van der Waals surface area contributed by atoms with E-state index in [-0.39, 0.29) is 36.6 Å². The zero-order valence-electron chi connectivity index (χ0n) is 11.7. The Balaban J connectivity index is 0.00000180. The summed E-state index contributed by atoms with van der Waals surface area (Å²) in [5.74, 6) is 0.720. The molecule has 1 amide bonds. The zero-order valence-corrected chi connectivity index (χ0v) is 13.3. The topological polar surface area (TPSA) is 59.2 Å². The van der Waals surface area contributed by atoms with Gasteiger partial charge in [0.15, 0.2) is 0 Å². The molecule has 1 aliphatic rings. The van der Waals surface area contributed by atoms with Crippen molar-refractivity contribution in [1.29, 1.82) is 0 Å². The fourth-order valence-corrected chi connectivity index (χ4v) is 2.77. The van der Waals surface area contributed by atoms with E-state index in [4.69, 9.17) is 5.73 Å². The van der Waals surface area contributed by atoms with Gasteiger partial charge in [0, 0.05) is 31.9 Å². The lowest BCUT2D eigenvalue weighted by Crippen LogP contribution is -2.36. The SMILES string of the molecule is CN(Cc1cccnc1)C(=O)[C@@H]1CCC[C@@H]1CN.Cl.Cl. The molecule has 1 heterocycles. The van der Waals surface area contributed by atoms with Crippen LogP contribution in [0.2, 0.25) is 0 Å². The van der Waals surface area contributed by atoms with E-state index in [0.29, 0.717) is 19.0 Å². The van der Waals surface area contributed by atoms with Crippen molar-refractivity contribution in [1.82, 2.24) is 9.88 Å². The highest BCUT2D eigenvalue weighted by Gasteiger charge is 2.33. The largest absolute Gasteiger partial charge is 0.341 e. The average Bonchev–Trinajstić information content (AvgIpc) is 2.87. The zero-order chi connectivity index (χ0) is 13.0. The lowest BCUT2D eigenvalue weighted by Gasteiger charge is -2.24. The third-order valence-corrected chi connectivity index (χ3v) is 3.80. The normalized spacial score (nSPS) is 20.7. The molecule has 1 saturated carbocycles. The highest BCUT2D eigenvalue weighted by Crippen LogP contribution is 2.32. The summed E-state index contributed by atoms with van der Waals surface area (Å²) in [4.78, 5) is 18.2. The molecule has 2 N–H and O–H groups in total. The van der Waals surface area contributed by atoms with E-state index in [1.165, 1.54) is 0 Å². The second kappa shape index (κ2) is 9.16. The number of nitrogens with zero attached hydrogens (tertiary/aromatic N) is 2. The van der Waals surface area contributed by atoms with Gasteiger partial charge in [-0.25, -0.2) is 0 Å². The number of halogens is 2. The minimum Gasteiger partial charge on any atom is -0.341 e. The van der Waals surface area contributed by atoms with Gasteiger partial charge in [-0.3, -0.25) is 9.78 Å². The number of nitrogens with two attached hydrogens (primary N) is 1. The van der Waals surface area contributed by atoms with E-state index in [9.17, 15) is 4.79 Å². The van der Waals surface area contributed by atoms with Gasteiger partial charge < -0.3 is 10.6 Å². The Morgan fingerprint density at radius 2 is 2.20 bits per heavy atom. The van der Waals surface area contributed by atoms with Gasteiger partial charge in [0.25, 0.3) is 0 Å². The Morgan fingerprint density at radius 3 is 2.80 bits per heavy atom. The summed E-state index contributed by atoms with van der Waals surface area (Å²) in [6, 6.07) is 3.89. The van der Waals surface area contributed by atoms with Crippen molar-refractivity contribution in [3.8, 4) is 0 Å². The van der Waals surface area contributed by atoms with Gasteiger partial charge in [0.1, 0.15) is 0 Å². The molecular weight excluding hydrogens is 297 g/mol. The van der Waals surface area contributed by atoms with Crippen molar-refractivity contribution < 1.29 is 4.79 Å². The van der Waals surface area contributed by atoms with Crippen LogP contribution in [0.4, 0.5) is 0 Å². The predicted molar refractivity (Wildman–Crippen MR) is 85.1 cm³/mol. The van der Waals surface area contributed by atoms with Gasteiger partial charge in [-0.2, -0.15) is 0 Å². The van der Waals surface area contributed by atoms with Crippen LogP contribution in [0.15, 0.2) is 24.5 Å². The van der Waals surface area contributed by atoms with Gasteiger partial charge in [-0.05, 0) is 36.9 Å². The van der Waals surface area contributed by atoms with Crippen molar-refractivity contribution in [2.75, 3.05) is 13.6 Å². The number of hydrogen-bond donors (Lipinski definition) is 1. The standard InChI is InChI=1S/C14H21N3O.2ClH/c1-17(10-11-4-3-7-16-9-11)14(18)13-6-2-5-12(13)8-15;;/h3-4,7,9,12-13H,2,5-6,8,10,15H2,1H3;2*1H/t12-,13-;;/m1../s1. The van der Waals surface area contributed by atoms with Crippen molar-refractivity contribution in [3.05, 3.63) is 30.1 Å². The number of pyridine rings is 1. The van der Waals surface area contributed by atoms with Gasteiger partial charge >= 0.3 is 0 Å². The fourth-order valence-electron chi connectivity index (χ4n) is 2.77. The van der Waals surface area contributed by atoms with E-state index in [1.54, 1.807) is 17.3 Å². The van der Waals surface area contributed by atoms with E-state index in [1.807, 2.05) is 19.2 Å². The summed E-state index contributed by atoms with van der Waals surface area (Å²) < 4.78 is 0. The molecule has 2 atom stereocenters. The first kappa shape index (κ1) is 19.2. The Morgan fingerprint density at radius 1 is 1.45 bits per heavy atom. The summed E-state index contributed by atoms with van der Waals surface area (Å²) in [6.07, 6.45) is 6.75. The molecule has 1 aliphatic carbocycles. The fraction of sp³-hybridized carbons (Fsp3) is 0.571. The molecule has 0 spiro atoms. The van der Waals surface area contributed by atoms with E-state index in [2.05, 4.69) is 4.98 Å². The van der Waals surface area contributed by atoms with Crippen LogP contribution in [0, 0.1) is 11.8 Å². The number of hydrogen-bond acceptors (Lipinski definition) is 3. The average molecular weight is 320 g/mol. The van der Waals surface area contributed by atoms with E-state index < -0.39 is 0 Å². The molecule has 0 unspecified atom stereocenters. The smallest absolute Gasteiger partial charge is 0.226 e. The first-order valence-electron chi connectivity index (χ1n) is 6.56. The molecule has 0 saturated heterocycles. The Kier molecular flexibility index (Phi) is 8.78. The highest BCUT2D eigenvalue weighted by atomic mass is 35.5. The van der Waals surface area contributed by atoms with Crippen LogP contribution in [-0.2, 0) is 11.3 Å². The van der Waals surface area contributed by atoms with Gasteiger partial charge in [-0.15, -0.1) is 24.8 Å². The predicted octanol–water partition coefficient (Wildman–Crippen LogP) is 2.26. The molecule has 114 valence electrons. The quantitative estimate of drug-likeness (QED) is 0.926. The minimum absolute atomic E-state index is 0. The maximum Gasteiger partial charge on any atom is 0.226 e. The molecule has 6 heteroatoms. The number of rotatable bonds is 4. The van der Waals surface area contributed by atoms with E-state index >= 15 is 0 Å². The van der Waals surface area contributed by atoms with Gasteiger partial charge in [0.2, 0.25) is 5.91 Å². The summed E-state index contributed by atoms with van der Waals surface area (Å²) >= 11 is 0. The van der Waals surface area contributed by atoms with Crippen LogP contribution in [0.1, 0.15) is 24.8 Å². The number of carbonyl (C=O) groups is 1. The molecule has 0 radical (unpaired) electrons. The Labute approximate surface area is 132 Å². The van der Waals surface area contributed by atoms with Crippen LogP contribution in [0.5, 0.6) is 0 Å². The lowest BCUT2D eigenvalue weighted by molar-refractivity contribution is -0.135. The molecule has 20 heavy (non-hydrogen) atoms. The van der Waals surface area contributed by atoms with Gasteiger partial charge in [0.05, 0.1) is 0 Å². The molecule has 1 aromatic heterocycles. The first-order chi connectivity index (χ1) is 8.72. The Hall–Kier alpha value is -0.840. The van der Waals surface area contributed by atoms with Crippen LogP contribution in [0.3, 0.4) is 0 Å². The maximum atomic E-state index is 12.4. The summed E-state index contributed by atoms with van der Waals surface area (Å²) in [5, 5.41) is 0. The molecule has 1 fully saturated rings. The molecule has 1 aromatic rings. The third kappa shape index (κ3) is 4.62. The van der Waals surface area contributed by atoms with Crippen molar-refractivity contribution in [3.63, 3.8) is 0 Å². The summed E-state index contributed by atoms with van der Waals surface area (Å²) in [7, 11) is 1.86. The molecule has 0 bridgehead atoms. The minimum atomic E-state index is 0. The first-order valence-corrected chi connectivity index (χ1v) is 6.56. The summed E-state index contributed by atoms with van der Waals surface area (Å²) in [5.41, 5.74) is 6.80. The number of amides is 1. The van der Waals surface area contributed by atoms with Crippen LogP contribution in [0.25, 0.3) is 0 Å². The van der Waals surface area contributed by atoms with Crippen molar-refractivity contribution in [2.24, 2.45) is 17.6 Å². The molecule has 2 rings (SSSR count). The second-order valence-corrected chi connectivity index (χ2v) is 5.09. The number of carbonyl (C=O) groups excluding carboxylic acids is 1. The Bertz CT molecular complexity index is 403. The van der Waals surface area contributed by atoms with Crippen molar-refractivity contribution >= 4 is 30.7 Å². The molecule has 0 aliphatic heterocycles. The monoisotopic (exact) mass is 319 g/mol. The van der Waals surface area contributed by atoms with Crippen LogP contribution < -0.4 is 5.73 Å². The van der Waals surface area contributed by atoms with E-state index in [0.717, 1.165) is 24.8 Å². The second-order valence-electron chi connectivity index (χ2n) is 5.09.